The minimum Gasteiger partial charge on any atom is -0.504 e. The summed E-state index contributed by atoms with van der Waals surface area (Å²) in [5, 5.41) is 89.1. The highest BCUT2D eigenvalue weighted by atomic mass is 32.1. The van der Waals surface area contributed by atoms with E-state index in [4.69, 9.17) is 19.4 Å². The van der Waals surface area contributed by atoms with E-state index >= 15 is 0 Å². The van der Waals surface area contributed by atoms with Crippen LogP contribution in [0, 0.1) is 0 Å². The largest absolute Gasteiger partial charge is 0.504 e. The Labute approximate surface area is 334 Å². The van der Waals surface area contributed by atoms with Crippen LogP contribution in [0.25, 0.3) is 104 Å². The van der Waals surface area contributed by atoms with Gasteiger partial charge in [0, 0.05) is 53.3 Å². The second-order valence-corrected chi connectivity index (χ2v) is 15.1. The summed E-state index contributed by atoms with van der Waals surface area (Å²) < 4.78 is 9.05. The summed E-state index contributed by atoms with van der Waals surface area (Å²) >= 11 is 1.47. The third-order valence-corrected chi connectivity index (χ3v) is 11.9. The fourth-order valence-electron chi connectivity index (χ4n) is 7.96. The molecule has 8 N–H and O–H groups in total. The Morgan fingerprint density at radius 2 is 1.03 bits per heavy atom. The number of phenolic OH excluding ortho intramolecular Hbond substituents is 8. The van der Waals surface area contributed by atoms with E-state index in [0.717, 1.165) is 47.8 Å². The lowest BCUT2D eigenvalue weighted by molar-refractivity contribution is 0.350. The van der Waals surface area contributed by atoms with E-state index in [-0.39, 0.29) is 16.7 Å². The van der Waals surface area contributed by atoms with E-state index in [1.807, 2.05) is 91.0 Å². The van der Waals surface area contributed by atoms with E-state index in [1.165, 1.54) is 15.9 Å². The summed E-state index contributed by atoms with van der Waals surface area (Å²) in [5.74, 6) is -6.70. The Morgan fingerprint density at radius 3 is 1.75 bits per heavy atom. The molecule has 13 nitrogen and oxygen atoms in total. The monoisotopic (exact) mass is 798 g/mol. The maximum absolute atomic E-state index is 11.2. The van der Waals surface area contributed by atoms with Crippen molar-refractivity contribution in [1.82, 2.24) is 19.5 Å². The predicted molar refractivity (Wildman–Crippen MR) is 224 cm³/mol. The molecule has 0 spiro atoms. The van der Waals surface area contributed by atoms with Crippen molar-refractivity contribution in [1.29, 1.82) is 0 Å². The highest BCUT2D eigenvalue weighted by Gasteiger charge is 2.32. The lowest BCUT2D eigenvalue weighted by Gasteiger charge is -2.12. The first-order valence-electron chi connectivity index (χ1n) is 18.1. The van der Waals surface area contributed by atoms with Gasteiger partial charge < -0.3 is 49.8 Å². The van der Waals surface area contributed by atoms with E-state index < -0.39 is 56.8 Å². The molecule has 0 unspecified atom stereocenters. The van der Waals surface area contributed by atoms with Gasteiger partial charge in [0.1, 0.15) is 22.2 Å². The van der Waals surface area contributed by atoms with E-state index in [9.17, 15) is 40.9 Å². The van der Waals surface area contributed by atoms with Crippen LogP contribution >= 0.6 is 11.3 Å². The zero-order valence-corrected chi connectivity index (χ0v) is 30.9. The second kappa shape index (κ2) is 12.1. The highest BCUT2D eigenvalue weighted by Crippen LogP contribution is 2.59. The Bertz CT molecular complexity index is 3540. The Morgan fingerprint density at radius 1 is 0.441 bits per heavy atom. The molecule has 0 radical (unpaired) electrons. The van der Waals surface area contributed by atoms with E-state index in [0.29, 0.717) is 28.4 Å². The van der Waals surface area contributed by atoms with Crippen molar-refractivity contribution in [2.75, 3.05) is 0 Å². The Hall–Kier alpha value is -8.23. The molecule has 0 aliphatic heterocycles. The van der Waals surface area contributed by atoms with Crippen LogP contribution in [0.4, 0.5) is 0 Å². The van der Waals surface area contributed by atoms with Gasteiger partial charge >= 0.3 is 0 Å². The third kappa shape index (κ3) is 4.74. The molecule has 59 heavy (non-hydrogen) atoms. The van der Waals surface area contributed by atoms with Crippen molar-refractivity contribution in [3.8, 4) is 85.8 Å². The molecule has 0 atom stereocenters. The van der Waals surface area contributed by atoms with Gasteiger partial charge in [0.05, 0.1) is 10.8 Å². The normalized spacial score (nSPS) is 11.9. The minimum atomic E-state index is -1.10. The maximum Gasteiger partial charge on any atom is 0.206 e. The number of rotatable bonds is 4. The van der Waals surface area contributed by atoms with E-state index in [1.54, 1.807) is 18.2 Å². The minimum absolute atomic E-state index is 0.247. The average Bonchev–Trinajstić information content (AvgIpc) is 3.96. The van der Waals surface area contributed by atoms with Gasteiger partial charge in [0.25, 0.3) is 0 Å². The van der Waals surface area contributed by atoms with Crippen LogP contribution in [0.3, 0.4) is 0 Å². The molecule has 0 bridgehead atoms. The smallest absolute Gasteiger partial charge is 0.206 e. The number of fused-ring (bicyclic) bond motifs is 9. The van der Waals surface area contributed by atoms with Gasteiger partial charge in [0.2, 0.25) is 23.0 Å². The zero-order valence-electron chi connectivity index (χ0n) is 30.1. The molecule has 0 aliphatic carbocycles. The van der Waals surface area contributed by atoms with Gasteiger partial charge in [0.15, 0.2) is 40.5 Å². The quantitative estimate of drug-likeness (QED) is 0.0616. The number of hydrogen-bond acceptors (Lipinski definition) is 13. The number of furan rings is 1. The summed E-state index contributed by atoms with van der Waals surface area (Å²) in [6.45, 7) is 0. The van der Waals surface area contributed by atoms with Gasteiger partial charge in [-0.2, -0.15) is 0 Å². The number of aromatic hydroxyl groups is 8. The fourth-order valence-corrected chi connectivity index (χ4v) is 9.15. The van der Waals surface area contributed by atoms with Crippen molar-refractivity contribution in [2.45, 2.75) is 0 Å². The lowest BCUT2D eigenvalue weighted by Crippen LogP contribution is -2.00. The lowest BCUT2D eigenvalue weighted by atomic mass is 10.1. The molecule has 0 aliphatic rings. The van der Waals surface area contributed by atoms with Crippen LogP contribution in [0.2, 0.25) is 0 Å². The molecule has 4 aromatic heterocycles. The van der Waals surface area contributed by atoms with Crippen LogP contribution in [-0.4, -0.2) is 60.4 Å². The molecular weight excluding hydrogens is 773 g/mol. The summed E-state index contributed by atoms with van der Waals surface area (Å²) in [6.07, 6.45) is 0. The number of benzene rings is 7. The SMILES string of the molecule is Oc1c(O)c(O)c2c(c1O)c1c(O)c(O)c(O)c(O)c1n2-c1ccc2sc3c(-c4nc(-c5ccccc5)nc(-c5ccc6c(c5)oc5ccccc56)n4)cccc3c2c1. The summed E-state index contributed by atoms with van der Waals surface area (Å²) in [7, 11) is 0. The molecular formula is C45H26N4O9S. The Balaban J connectivity index is 1.14. The molecule has 11 rings (SSSR count). The molecule has 0 saturated heterocycles. The molecule has 286 valence electrons. The molecule has 0 saturated carbocycles. The maximum atomic E-state index is 11.2. The van der Waals surface area contributed by atoms with Crippen molar-refractivity contribution >= 4 is 75.3 Å². The molecule has 7 aromatic carbocycles. The van der Waals surface area contributed by atoms with Crippen molar-refractivity contribution < 1.29 is 45.3 Å². The summed E-state index contributed by atoms with van der Waals surface area (Å²) in [5.41, 5.74) is 3.30. The van der Waals surface area contributed by atoms with Crippen LogP contribution < -0.4 is 0 Å². The number of thiophene rings is 1. The number of nitrogens with zero attached hydrogens (tertiary/aromatic N) is 4. The number of aromatic nitrogens is 4. The van der Waals surface area contributed by atoms with Gasteiger partial charge in [-0.1, -0.05) is 66.7 Å². The third-order valence-electron chi connectivity index (χ3n) is 10.7. The van der Waals surface area contributed by atoms with Gasteiger partial charge in [-0.3, -0.25) is 0 Å². The second-order valence-electron chi connectivity index (χ2n) is 14.0. The van der Waals surface area contributed by atoms with E-state index in [2.05, 4.69) is 0 Å². The van der Waals surface area contributed by atoms with Gasteiger partial charge in [-0.15, -0.1) is 11.3 Å². The first-order valence-corrected chi connectivity index (χ1v) is 18.9. The number of phenols is 8. The van der Waals surface area contributed by atoms with Crippen molar-refractivity contribution in [2.24, 2.45) is 0 Å². The standard InChI is InChI=1S/C45H26N4O9S/c50-34-30-31-33(37(53)41(57)39(55)35(31)51)49(32(30)36(52)40(56)38(34)54)21-14-16-29-26(18-21)24-10-6-11-25(42(24)59-29)45-47-43(19-7-2-1-3-8-19)46-44(48-45)20-13-15-23-22-9-4-5-12-27(22)58-28(23)17-20/h1-18,50-57H. The zero-order chi connectivity index (χ0) is 40.4. The first kappa shape index (κ1) is 34.1. The number of hydrogen-bond donors (Lipinski definition) is 8. The van der Waals surface area contributed by atoms with Gasteiger partial charge in [-0.25, -0.2) is 15.0 Å². The molecule has 11 aromatic rings. The molecule has 0 amide bonds. The molecule has 0 fully saturated rings. The summed E-state index contributed by atoms with van der Waals surface area (Å²) in [6, 6.07) is 34.2. The Kier molecular flexibility index (Phi) is 7.00. The van der Waals surface area contributed by atoms with Crippen molar-refractivity contribution in [3.05, 3.63) is 109 Å². The van der Waals surface area contributed by atoms with Crippen LogP contribution in [-0.2, 0) is 0 Å². The first-order chi connectivity index (χ1) is 28.6. The van der Waals surface area contributed by atoms with Crippen LogP contribution in [0.1, 0.15) is 0 Å². The predicted octanol–water partition coefficient (Wildman–Crippen LogP) is 9.88. The average molecular weight is 799 g/mol. The fraction of sp³-hybridized carbons (Fsp3) is 0. The highest BCUT2D eigenvalue weighted by molar-refractivity contribution is 7.26. The molecule has 14 heteroatoms. The van der Waals surface area contributed by atoms with Gasteiger partial charge in [-0.05, 0) is 42.5 Å². The topological polar surface area (TPSA) is 219 Å². The number of para-hydroxylation sites is 1. The van der Waals surface area contributed by atoms with Crippen LogP contribution in [0.5, 0.6) is 46.0 Å². The van der Waals surface area contributed by atoms with Crippen LogP contribution in [0.15, 0.2) is 114 Å². The molecule has 4 heterocycles. The summed E-state index contributed by atoms with van der Waals surface area (Å²) in [4.78, 5) is 14.9. The van der Waals surface area contributed by atoms with Crippen molar-refractivity contribution in [3.63, 3.8) is 0 Å².